The van der Waals surface area contributed by atoms with E-state index in [0.717, 1.165) is 16.9 Å². The van der Waals surface area contributed by atoms with Crippen LogP contribution in [-0.4, -0.2) is 38.4 Å². The first-order valence-corrected chi connectivity index (χ1v) is 8.65. The molecule has 0 bridgehead atoms. The summed E-state index contributed by atoms with van der Waals surface area (Å²) in [5.41, 5.74) is 1.03. The van der Waals surface area contributed by atoms with Crippen LogP contribution in [0, 0.1) is 0 Å². The van der Waals surface area contributed by atoms with Crippen molar-refractivity contribution in [2.24, 2.45) is 0 Å². The molecule has 0 saturated heterocycles. The van der Waals surface area contributed by atoms with Gasteiger partial charge >= 0.3 is 11.9 Å². The van der Waals surface area contributed by atoms with Gasteiger partial charge in [0.15, 0.2) is 18.1 Å². The van der Waals surface area contributed by atoms with Crippen molar-refractivity contribution < 1.29 is 33.3 Å². The smallest absolute Gasteiger partial charge is 0.350 e. The molecule has 8 nitrogen and oxygen atoms in total. The number of amides is 1. The number of carbonyl (C=O) groups excluding carboxylic acids is 3. The van der Waals surface area contributed by atoms with Crippen LogP contribution < -0.4 is 14.8 Å². The van der Waals surface area contributed by atoms with Crippen molar-refractivity contribution in [2.45, 2.75) is 0 Å². The fraction of sp³-hybridized carbons (Fsp3) is 0.167. The number of esters is 2. The summed E-state index contributed by atoms with van der Waals surface area (Å²) in [5.74, 6) is -0.554. The minimum Gasteiger partial charge on any atom is -0.465 e. The predicted molar refractivity (Wildman–Crippen MR) is 96.8 cm³/mol. The van der Waals surface area contributed by atoms with Crippen LogP contribution in [0.4, 0.5) is 5.69 Å². The number of benzene rings is 1. The Balaban J connectivity index is 1.49. The molecule has 2 heterocycles. The highest BCUT2D eigenvalue weighted by Crippen LogP contribution is 2.32. The number of carbonyl (C=O) groups is 3. The number of fused-ring (bicyclic) bond motifs is 1. The average Bonchev–Trinajstić information content (AvgIpc) is 3.32. The largest absolute Gasteiger partial charge is 0.465 e. The third kappa shape index (κ3) is 4.64. The fourth-order valence-corrected chi connectivity index (χ4v) is 2.98. The van der Waals surface area contributed by atoms with Crippen molar-refractivity contribution in [2.75, 3.05) is 25.8 Å². The molecule has 0 saturated carbocycles. The number of anilines is 1. The molecule has 1 amide bonds. The first kappa shape index (κ1) is 18.5. The third-order valence-electron chi connectivity index (χ3n) is 3.46. The first-order valence-electron chi connectivity index (χ1n) is 7.77. The van der Waals surface area contributed by atoms with Gasteiger partial charge in [-0.15, -0.1) is 11.3 Å². The summed E-state index contributed by atoms with van der Waals surface area (Å²) in [6.45, 7) is -0.317. The van der Waals surface area contributed by atoms with Crippen molar-refractivity contribution in [3.8, 4) is 11.5 Å². The molecular formula is C18H15NO7S. The summed E-state index contributed by atoms with van der Waals surface area (Å²) in [7, 11) is 1.25. The number of nitrogens with one attached hydrogen (secondary N) is 1. The number of thiophene rings is 1. The summed E-state index contributed by atoms with van der Waals surface area (Å²) in [6.07, 6.45) is 2.74. The zero-order valence-corrected chi connectivity index (χ0v) is 15.0. The molecule has 1 N–H and O–H groups in total. The second-order valence-electron chi connectivity index (χ2n) is 5.26. The van der Waals surface area contributed by atoms with Gasteiger partial charge in [0, 0.05) is 6.08 Å². The lowest BCUT2D eigenvalue weighted by molar-refractivity contribution is -0.142. The van der Waals surface area contributed by atoms with E-state index in [-0.39, 0.29) is 11.7 Å². The van der Waals surface area contributed by atoms with Crippen LogP contribution in [0.25, 0.3) is 6.08 Å². The molecule has 0 unspecified atom stereocenters. The highest BCUT2D eigenvalue weighted by atomic mass is 32.1. The molecule has 9 heteroatoms. The summed E-state index contributed by atoms with van der Waals surface area (Å²) < 4.78 is 20.0. The lowest BCUT2D eigenvalue weighted by atomic mass is 10.2. The van der Waals surface area contributed by atoms with Gasteiger partial charge in [0.1, 0.15) is 4.88 Å². The predicted octanol–water partition coefficient (Wildman–Crippen LogP) is 2.46. The van der Waals surface area contributed by atoms with Gasteiger partial charge in [-0.05, 0) is 35.2 Å². The Labute approximate surface area is 158 Å². The van der Waals surface area contributed by atoms with Crippen molar-refractivity contribution in [3.05, 3.63) is 46.2 Å². The van der Waals surface area contributed by atoms with Gasteiger partial charge in [-0.2, -0.15) is 0 Å². The maximum Gasteiger partial charge on any atom is 0.350 e. The van der Waals surface area contributed by atoms with Crippen LogP contribution in [-0.2, 0) is 19.1 Å². The molecule has 140 valence electrons. The van der Waals surface area contributed by atoms with Gasteiger partial charge in [0.05, 0.1) is 12.8 Å². The molecule has 2 aromatic rings. The van der Waals surface area contributed by atoms with E-state index in [4.69, 9.17) is 14.2 Å². The van der Waals surface area contributed by atoms with Crippen molar-refractivity contribution >= 4 is 40.9 Å². The summed E-state index contributed by atoms with van der Waals surface area (Å²) in [4.78, 5) is 35.5. The molecule has 1 aliphatic rings. The van der Waals surface area contributed by atoms with E-state index in [2.05, 4.69) is 10.1 Å². The quantitative estimate of drug-likeness (QED) is 0.598. The molecule has 0 atom stereocenters. The SMILES string of the molecule is COC(=O)c1sccc1NC(=O)COC(=O)/C=C/c1ccc2c(c1)OCO2. The second kappa shape index (κ2) is 8.37. The number of methoxy groups -OCH3 is 1. The molecule has 0 aliphatic carbocycles. The Morgan fingerprint density at radius 3 is 2.85 bits per heavy atom. The molecule has 1 aromatic heterocycles. The van der Waals surface area contributed by atoms with E-state index >= 15 is 0 Å². The Kier molecular flexibility index (Phi) is 5.72. The van der Waals surface area contributed by atoms with Crippen LogP contribution >= 0.6 is 11.3 Å². The van der Waals surface area contributed by atoms with Crippen molar-refractivity contribution in [1.29, 1.82) is 0 Å². The molecular weight excluding hydrogens is 374 g/mol. The second-order valence-corrected chi connectivity index (χ2v) is 6.17. The highest BCUT2D eigenvalue weighted by Gasteiger charge is 2.16. The van der Waals surface area contributed by atoms with E-state index in [9.17, 15) is 14.4 Å². The first-order chi connectivity index (χ1) is 13.1. The summed E-state index contributed by atoms with van der Waals surface area (Å²) in [6, 6.07) is 6.79. The Morgan fingerprint density at radius 1 is 1.22 bits per heavy atom. The summed E-state index contributed by atoms with van der Waals surface area (Å²) >= 11 is 1.14. The minimum absolute atomic E-state index is 0.168. The highest BCUT2D eigenvalue weighted by molar-refractivity contribution is 7.12. The summed E-state index contributed by atoms with van der Waals surface area (Å²) in [5, 5.41) is 4.14. The van der Waals surface area contributed by atoms with E-state index < -0.39 is 24.5 Å². The molecule has 3 rings (SSSR count). The third-order valence-corrected chi connectivity index (χ3v) is 4.36. The molecule has 1 aliphatic heterocycles. The van der Waals surface area contributed by atoms with Crippen LogP contribution in [0.1, 0.15) is 15.2 Å². The maximum absolute atomic E-state index is 11.9. The molecule has 0 fully saturated rings. The number of hydrogen-bond acceptors (Lipinski definition) is 8. The maximum atomic E-state index is 11.9. The van der Waals surface area contributed by atoms with Crippen LogP contribution in [0.5, 0.6) is 11.5 Å². The van der Waals surface area contributed by atoms with Gasteiger partial charge in [0.25, 0.3) is 5.91 Å². The topological polar surface area (TPSA) is 100 Å². The van der Waals surface area contributed by atoms with Crippen LogP contribution in [0.3, 0.4) is 0 Å². The number of hydrogen-bond donors (Lipinski definition) is 1. The van der Waals surface area contributed by atoms with Gasteiger partial charge in [-0.1, -0.05) is 6.07 Å². The van der Waals surface area contributed by atoms with E-state index in [1.165, 1.54) is 19.3 Å². The number of ether oxygens (including phenoxy) is 4. The normalized spacial score (nSPS) is 12.0. The lowest BCUT2D eigenvalue weighted by Crippen LogP contribution is -2.21. The zero-order chi connectivity index (χ0) is 19.2. The van der Waals surface area contributed by atoms with Crippen molar-refractivity contribution in [1.82, 2.24) is 0 Å². The molecule has 27 heavy (non-hydrogen) atoms. The minimum atomic E-state index is -0.679. The Hall–Kier alpha value is -3.33. The van der Waals surface area contributed by atoms with Crippen LogP contribution in [0.15, 0.2) is 35.7 Å². The zero-order valence-electron chi connectivity index (χ0n) is 14.2. The van der Waals surface area contributed by atoms with Crippen molar-refractivity contribution in [3.63, 3.8) is 0 Å². The standard InChI is InChI=1S/C18H15NO7S/c1-23-18(22)17-12(6-7-27-17)19-15(20)9-24-16(21)5-3-11-2-4-13-14(8-11)26-10-25-13/h2-8H,9-10H2,1H3,(H,19,20)/b5-3+. The average molecular weight is 389 g/mol. The van der Waals surface area contributed by atoms with Gasteiger partial charge in [0.2, 0.25) is 6.79 Å². The number of rotatable bonds is 6. The monoisotopic (exact) mass is 389 g/mol. The van der Waals surface area contributed by atoms with E-state index in [1.54, 1.807) is 29.6 Å². The molecule has 1 aromatic carbocycles. The van der Waals surface area contributed by atoms with E-state index in [0.29, 0.717) is 17.2 Å². The van der Waals surface area contributed by atoms with Gasteiger partial charge in [-0.25, -0.2) is 9.59 Å². The van der Waals surface area contributed by atoms with Crippen LogP contribution in [0.2, 0.25) is 0 Å². The lowest BCUT2D eigenvalue weighted by Gasteiger charge is -2.05. The van der Waals surface area contributed by atoms with E-state index in [1.807, 2.05) is 0 Å². The Morgan fingerprint density at radius 2 is 2.04 bits per heavy atom. The molecule has 0 spiro atoms. The van der Waals surface area contributed by atoms with Gasteiger partial charge < -0.3 is 24.3 Å². The Bertz CT molecular complexity index is 903. The fourth-order valence-electron chi connectivity index (χ4n) is 2.21. The van der Waals surface area contributed by atoms with Gasteiger partial charge in [-0.3, -0.25) is 4.79 Å². The molecule has 0 radical (unpaired) electrons.